The van der Waals surface area contributed by atoms with E-state index in [2.05, 4.69) is 6.92 Å². The Balaban J connectivity index is 1.83. The highest BCUT2D eigenvalue weighted by Gasteiger charge is 2.28. The highest BCUT2D eigenvalue weighted by atomic mass is 16.5. The lowest BCUT2D eigenvalue weighted by Crippen LogP contribution is -2.23. The fraction of sp³-hybridized carbons (Fsp3) is 0.316. The van der Waals surface area contributed by atoms with E-state index in [1.807, 2.05) is 36.4 Å². The van der Waals surface area contributed by atoms with Gasteiger partial charge in [-0.15, -0.1) is 0 Å². The fourth-order valence-corrected chi connectivity index (χ4v) is 2.96. The maximum atomic E-state index is 11.1. The summed E-state index contributed by atoms with van der Waals surface area (Å²) in [4.78, 5) is 11.1. The molecule has 0 fully saturated rings. The second-order valence-corrected chi connectivity index (χ2v) is 5.86. The second-order valence-electron chi connectivity index (χ2n) is 5.86. The third-order valence-electron chi connectivity index (χ3n) is 4.05. The number of hydrogen-bond acceptors (Lipinski definition) is 4. The quantitative estimate of drug-likeness (QED) is 0.636. The zero-order valence-corrected chi connectivity index (χ0v) is 13.5. The van der Waals surface area contributed by atoms with Crippen molar-refractivity contribution >= 4 is 5.97 Å². The summed E-state index contributed by atoms with van der Waals surface area (Å²) in [5, 5.41) is 0. The number of rotatable bonds is 3. The summed E-state index contributed by atoms with van der Waals surface area (Å²) in [7, 11) is 1.66. The Hall–Kier alpha value is -2.49. The Morgan fingerprint density at radius 3 is 2.48 bits per heavy atom. The SMILES string of the molecule is COc1ccc(C2Oc3ccc(OC(C)=O)cc3CC2C)cc1. The van der Waals surface area contributed by atoms with Gasteiger partial charge in [-0.3, -0.25) is 4.79 Å². The van der Waals surface area contributed by atoms with Crippen molar-refractivity contribution in [1.82, 2.24) is 0 Å². The number of carbonyl (C=O) groups is 1. The minimum atomic E-state index is -0.314. The normalized spacial score (nSPS) is 19.4. The minimum Gasteiger partial charge on any atom is -0.497 e. The van der Waals surface area contributed by atoms with Crippen molar-refractivity contribution in [3.8, 4) is 17.2 Å². The van der Waals surface area contributed by atoms with Crippen LogP contribution in [0.5, 0.6) is 17.2 Å². The number of ether oxygens (including phenoxy) is 3. The number of hydrogen-bond donors (Lipinski definition) is 0. The molecule has 4 heteroatoms. The number of carbonyl (C=O) groups excluding carboxylic acids is 1. The van der Waals surface area contributed by atoms with Gasteiger partial charge in [0, 0.05) is 12.8 Å². The third-order valence-corrected chi connectivity index (χ3v) is 4.05. The summed E-state index contributed by atoms with van der Waals surface area (Å²) >= 11 is 0. The van der Waals surface area contributed by atoms with Gasteiger partial charge in [-0.1, -0.05) is 19.1 Å². The molecular weight excluding hydrogens is 292 g/mol. The predicted molar refractivity (Wildman–Crippen MR) is 87.0 cm³/mol. The van der Waals surface area contributed by atoms with Crippen LogP contribution in [0, 0.1) is 5.92 Å². The third kappa shape index (κ3) is 3.31. The Labute approximate surface area is 136 Å². The highest BCUT2D eigenvalue weighted by molar-refractivity contribution is 5.69. The Kier molecular flexibility index (Phi) is 4.24. The van der Waals surface area contributed by atoms with Crippen LogP contribution in [0.3, 0.4) is 0 Å². The molecule has 0 saturated heterocycles. The molecule has 2 atom stereocenters. The Bertz CT molecular complexity index is 706. The molecule has 1 aliphatic rings. The molecule has 0 aromatic heterocycles. The second kappa shape index (κ2) is 6.32. The molecule has 0 aliphatic carbocycles. The molecular formula is C19H20O4. The van der Waals surface area contributed by atoms with E-state index in [-0.39, 0.29) is 12.1 Å². The van der Waals surface area contributed by atoms with E-state index in [9.17, 15) is 4.79 Å². The van der Waals surface area contributed by atoms with Crippen LogP contribution in [-0.2, 0) is 11.2 Å². The van der Waals surface area contributed by atoms with Crippen molar-refractivity contribution < 1.29 is 19.0 Å². The molecule has 4 nitrogen and oxygen atoms in total. The molecule has 2 unspecified atom stereocenters. The van der Waals surface area contributed by atoms with Crippen molar-refractivity contribution in [1.29, 1.82) is 0 Å². The summed E-state index contributed by atoms with van der Waals surface area (Å²) in [5.41, 5.74) is 2.20. The molecule has 23 heavy (non-hydrogen) atoms. The summed E-state index contributed by atoms with van der Waals surface area (Å²) in [6, 6.07) is 13.5. The lowest BCUT2D eigenvalue weighted by Gasteiger charge is -2.32. The van der Waals surface area contributed by atoms with Crippen molar-refractivity contribution in [2.45, 2.75) is 26.4 Å². The zero-order chi connectivity index (χ0) is 16.4. The number of fused-ring (bicyclic) bond motifs is 1. The van der Waals surface area contributed by atoms with E-state index in [4.69, 9.17) is 14.2 Å². The van der Waals surface area contributed by atoms with Gasteiger partial charge in [0.25, 0.3) is 0 Å². The molecule has 0 radical (unpaired) electrons. The van der Waals surface area contributed by atoms with Crippen LogP contribution in [-0.4, -0.2) is 13.1 Å². The smallest absolute Gasteiger partial charge is 0.308 e. The molecule has 0 N–H and O–H groups in total. The van der Waals surface area contributed by atoms with E-state index in [1.165, 1.54) is 6.92 Å². The molecule has 1 heterocycles. The van der Waals surface area contributed by atoms with Gasteiger partial charge in [-0.05, 0) is 47.9 Å². The lowest BCUT2D eigenvalue weighted by atomic mass is 9.88. The molecule has 3 rings (SSSR count). The van der Waals surface area contributed by atoms with Crippen molar-refractivity contribution in [2.75, 3.05) is 7.11 Å². The van der Waals surface area contributed by atoms with Crippen LogP contribution in [0.25, 0.3) is 0 Å². The first-order valence-corrected chi connectivity index (χ1v) is 7.69. The minimum absolute atomic E-state index is 0.00739. The van der Waals surface area contributed by atoms with Crippen LogP contribution < -0.4 is 14.2 Å². The van der Waals surface area contributed by atoms with Gasteiger partial charge in [0.1, 0.15) is 23.4 Å². The van der Waals surface area contributed by atoms with Gasteiger partial charge in [0.05, 0.1) is 7.11 Å². The van der Waals surface area contributed by atoms with E-state index in [0.29, 0.717) is 11.7 Å². The van der Waals surface area contributed by atoms with Crippen LogP contribution >= 0.6 is 0 Å². The first-order chi connectivity index (χ1) is 11.1. The predicted octanol–water partition coefficient (Wildman–Crippen LogP) is 3.93. The number of esters is 1. The maximum Gasteiger partial charge on any atom is 0.308 e. The van der Waals surface area contributed by atoms with Crippen molar-refractivity contribution in [2.24, 2.45) is 5.92 Å². The van der Waals surface area contributed by atoms with Gasteiger partial charge in [0.15, 0.2) is 0 Å². The molecule has 0 saturated carbocycles. The lowest BCUT2D eigenvalue weighted by molar-refractivity contribution is -0.131. The van der Waals surface area contributed by atoms with Crippen LogP contribution in [0.4, 0.5) is 0 Å². The molecule has 120 valence electrons. The monoisotopic (exact) mass is 312 g/mol. The zero-order valence-electron chi connectivity index (χ0n) is 13.5. The highest BCUT2D eigenvalue weighted by Crippen LogP contribution is 2.40. The summed E-state index contributed by atoms with van der Waals surface area (Å²) in [5.74, 6) is 2.26. The fourth-order valence-electron chi connectivity index (χ4n) is 2.96. The van der Waals surface area contributed by atoms with E-state index >= 15 is 0 Å². The molecule has 1 aliphatic heterocycles. The number of methoxy groups -OCH3 is 1. The van der Waals surface area contributed by atoms with Gasteiger partial charge in [-0.25, -0.2) is 0 Å². The van der Waals surface area contributed by atoms with Crippen LogP contribution in [0.15, 0.2) is 42.5 Å². The average Bonchev–Trinajstić information content (AvgIpc) is 2.54. The standard InChI is InChI=1S/C19H20O4/c1-12-10-15-11-17(22-13(2)20)8-9-18(15)23-19(12)14-4-6-16(21-3)7-5-14/h4-9,11-12,19H,10H2,1-3H3. The number of benzene rings is 2. The van der Waals surface area contributed by atoms with E-state index in [1.54, 1.807) is 13.2 Å². The first kappa shape index (κ1) is 15.4. The molecule has 0 bridgehead atoms. The Morgan fingerprint density at radius 1 is 1.13 bits per heavy atom. The van der Waals surface area contributed by atoms with E-state index < -0.39 is 0 Å². The van der Waals surface area contributed by atoms with Crippen molar-refractivity contribution in [3.63, 3.8) is 0 Å². The van der Waals surface area contributed by atoms with Crippen molar-refractivity contribution in [3.05, 3.63) is 53.6 Å². The maximum absolute atomic E-state index is 11.1. The molecule has 2 aromatic carbocycles. The average molecular weight is 312 g/mol. The topological polar surface area (TPSA) is 44.8 Å². The Morgan fingerprint density at radius 2 is 1.83 bits per heavy atom. The molecule has 2 aromatic rings. The van der Waals surface area contributed by atoms with Crippen LogP contribution in [0.1, 0.15) is 31.1 Å². The first-order valence-electron chi connectivity index (χ1n) is 7.69. The van der Waals surface area contributed by atoms with E-state index in [0.717, 1.165) is 29.0 Å². The summed E-state index contributed by atoms with van der Waals surface area (Å²) in [6.07, 6.45) is 0.884. The van der Waals surface area contributed by atoms with Crippen LogP contribution in [0.2, 0.25) is 0 Å². The van der Waals surface area contributed by atoms with Gasteiger partial charge in [-0.2, -0.15) is 0 Å². The largest absolute Gasteiger partial charge is 0.497 e. The van der Waals surface area contributed by atoms with Gasteiger partial charge < -0.3 is 14.2 Å². The molecule has 0 amide bonds. The van der Waals surface area contributed by atoms with Gasteiger partial charge >= 0.3 is 5.97 Å². The van der Waals surface area contributed by atoms with Gasteiger partial charge in [0.2, 0.25) is 0 Å². The molecule has 0 spiro atoms. The summed E-state index contributed by atoms with van der Waals surface area (Å²) < 4.78 is 16.5. The summed E-state index contributed by atoms with van der Waals surface area (Å²) in [6.45, 7) is 3.56.